The van der Waals surface area contributed by atoms with Crippen LogP contribution in [0.25, 0.3) is 22.8 Å². The topological polar surface area (TPSA) is 63.3 Å². The number of carboxylic acids is 1. The normalized spacial score (nSPS) is 10.6. The highest BCUT2D eigenvalue weighted by Crippen LogP contribution is 2.27. The van der Waals surface area contributed by atoms with Crippen molar-refractivity contribution < 1.29 is 23.1 Å². The third-order valence-electron chi connectivity index (χ3n) is 3.03. The highest BCUT2D eigenvalue weighted by Gasteiger charge is 2.11. The SMILES string of the molecule is O=C(O)c1ccc(-c2ncc(-c3cc(F)cc(F)c3)o2)cc1. The third-order valence-corrected chi connectivity index (χ3v) is 3.03. The van der Waals surface area contributed by atoms with Gasteiger partial charge in [-0.3, -0.25) is 0 Å². The molecule has 0 amide bonds. The molecule has 0 saturated carbocycles. The Morgan fingerprint density at radius 2 is 1.64 bits per heavy atom. The Balaban J connectivity index is 1.94. The number of aromatic nitrogens is 1. The molecule has 6 heteroatoms. The van der Waals surface area contributed by atoms with Crippen LogP contribution in [0.2, 0.25) is 0 Å². The van der Waals surface area contributed by atoms with E-state index < -0.39 is 17.6 Å². The first-order valence-corrected chi connectivity index (χ1v) is 6.29. The molecule has 3 rings (SSSR count). The van der Waals surface area contributed by atoms with Crippen molar-refractivity contribution in [3.05, 3.63) is 65.9 Å². The Morgan fingerprint density at radius 3 is 2.23 bits per heavy atom. The molecule has 2 aromatic carbocycles. The Kier molecular flexibility index (Phi) is 3.42. The molecule has 0 unspecified atom stereocenters. The summed E-state index contributed by atoms with van der Waals surface area (Å²) < 4.78 is 31.9. The summed E-state index contributed by atoms with van der Waals surface area (Å²) in [7, 11) is 0. The van der Waals surface area contributed by atoms with Gasteiger partial charge in [0.1, 0.15) is 11.6 Å². The van der Waals surface area contributed by atoms with E-state index in [9.17, 15) is 13.6 Å². The van der Waals surface area contributed by atoms with Crippen LogP contribution in [0.4, 0.5) is 8.78 Å². The van der Waals surface area contributed by atoms with Crippen LogP contribution in [-0.4, -0.2) is 16.1 Å². The molecule has 3 aromatic rings. The van der Waals surface area contributed by atoms with Gasteiger partial charge in [0.15, 0.2) is 5.76 Å². The van der Waals surface area contributed by atoms with Crippen LogP contribution < -0.4 is 0 Å². The summed E-state index contributed by atoms with van der Waals surface area (Å²) in [6.45, 7) is 0. The van der Waals surface area contributed by atoms with Gasteiger partial charge in [0.05, 0.1) is 11.8 Å². The van der Waals surface area contributed by atoms with Crippen molar-refractivity contribution in [1.29, 1.82) is 0 Å². The van der Waals surface area contributed by atoms with Crippen LogP contribution in [0.5, 0.6) is 0 Å². The van der Waals surface area contributed by atoms with E-state index in [0.717, 1.165) is 18.2 Å². The molecule has 0 saturated heterocycles. The van der Waals surface area contributed by atoms with Gasteiger partial charge in [-0.15, -0.1) is 0 Å². The van der Waals surface area contributed by atoms with Crippen molar-refractivity contribution in [3.63, 3.8) is 0 Å². The highest BCUT2D eigenvalue weighted by atomic mass is 19.1. The number of carboxylic acid groups (broad SMARTS) is 1. The van der Waals surface area contributed by atoms with Gasteiger partial charge in [0.25, 0.3) is 0 Å². The molecule has 0 bridgehead atoms. The maximum Gasteiger partial charge on any atom is 0.335 e. The molecule has 0 aliphatic carbocycles. The molecule has 0 fully saturated rings. The lowest BCUT2D eigenvalue weighted by Crippen LogP contribution is -1.94. The van der Waals surface area contributed by atoms with E-state index in [2.05, 4.69) is 4.98 Å². The van der Waals surface area contributed by atoms with Gasteiger partial charge >= 0.3 is 5.97 Å². The summed E-state index contributed by atoms with van der Waals surface area (Å²) in [6, 6.07) is 8.98. The Labute approximate surface area is 123 Å². The van der Waals surface area contributed by atoms with Crippen LogP contribution in [-0.2, 0) is 0 Å². The fourth-order valence-corrected chi connectivity index (χ4v) is 1.99. The molecule has 0 radical (unpaired) electrons. The minimum Gasteiger partial charge on any atom is -0.478 e. The lowest BCUT2D eigenvalue weighted by Gasteiger charge is -1.99. The largest absolute Gasteiger partial charge is 0.478 e. The zero-order valence-electron chi connectivity index (χ0n) is 11.1. The number of hydrogen-bond donors (Lipinski definition) is 1. The van der Waals surface area contributed by atoms with Crippen molar-refractivity contribution in [3.8, 4) is 22.8 Å². The fourth-order valence-electron chi connectivity index (χ4n) is 1.99. The lowest BCUT2D eigenvalue weighted by molar-refractivity contribution is 0.0697. The van der Waals surface area contributed by atoms with Crippen LogP contribution in [0.3, 0.4) is 0 Å². The first-order valence-electron chi connectivity index (χ1n) is 6.29. The predicted octanol–water partition coefficient (Wildman–Crippen LogP) is 3.99. The second-order valence-electron chi connectivity index (χ2n) is 4.57. The Bertz CT molecular complexity index is 821. The maximum atomic E-state index is 13.2. The van der Waals surface area contributed by atoms with Gasteiger partial charge in [-0.25, -0.2) is 18.6 Å². The Hall–Kier alpha value is -3.02. The zero-order valence-corrected chi connectivity index (χ0v) is 11.1. The molecule has 0 spiro atoms. The van der Waals surface area contributed by atoms with Gasteiger partial charge in [0, 0.05) is 17.2 Å². The zero-order chi connectivity index (χ0) is 15.7. The van der Waals surface area contributed by atoms with E-state index >= 15 is 0 Å². The predicted molar refractivity (Wildman–Crippen MR) is 74.3 cm³/mol. The first-order chi connectivity index (χ1) is 10.5. The van der Waals surface area contributed by atoms with Crippen LogP contribution >= 0.6 is 0 Å². The monoisotopic (exact) mass is 301 g/mol. The van der Waals surface area contributed by atoms with Crippen molar-refractivity contribution in [2.45, 2.75) is 0 Å². The van der Waals surface area contributed by atoms with Gasteiger partial charge < -0.3 is 9.52 Å². The molecule has 1 heterocycles. The molecular weight excluding hydrogens is 292 g/mol. The molecule has 0 aliphatic heterocycles. The van der Waals surface area contributed by atoms with Crippen molar-refractivity contribution in [2.75, 3.05) is 0 Å². The van der Waals surface area contributed by atoms with Crippen LogP contribution in [0.1, 0.15) is 10.4 Å². The number of benzene rings is 2. The van der Waals surface area contributed by atoms with E-state index in [1.54, 1.807) is 12.1 Å². The molecule has 0 aliphatic rings. The van der Waals surface area contributed by atoms with Crippen LogP contribution in [0.15, 0.2) is 53.1 Å². The van der Waals surface area contributed by atoms with Gasteiger partial charge in [-0.05, 0) is 36.4 Å². The minimum atomic E-state index is -1.03. The summed E-state index contributed by atoms with van der Waals surface area (Å²) >= 11 is 0. The van der Waals surface area contributed by atoms with E-state index in [1.807, 2.05) is 0 Å². The molecule has 1 N–H and O–H groups in total. The molecule has 4 nitrogen and oxygen atoms in total. The van der Waals surface area contributed by atoms with Gasteiger partial charge in [-0.2, -0.15) is 0 Å². The quantitative estimate of drug-likeness (QED) is 0.794. The number of hydrogen-bond acceptors (Lipinski definition) is 3. The number of carbonyl (C=O) groups is 1. The van der Waals surface area contributed by atoms with Crippen molar-refractivity contribution in [2.24, 2.45) is 0 Å². The van der Waals surface area contributed by atoms with E-state index in [4.69, 9.17) is 9.52 Å². The summed E-state index contributed by atoms with van der Waals surface area (Å²) in [5.41, 5.74) is 0.939. The van der Waals surface area contributed by atoms with E-state index in [0.29, 0.717) is 5.56 Å². The van der Waals surface area contributed by atoms with E-state index in [1.165, 1.54) is 18.3 Å². The standard InChI is InChI=1S/C16H9F2NO3/c17-12-5-11(6-13(18)7-12)14-8-19-15(22-14)9-1-3-10(4-2-9)16(20)21/h1-8H,(H,20,21). The molecule has 0 atom stereocenters. The molecule has 22 heavy (non-hydrogen) atoms. The van der Waals surface area contributed by atoms with Gasteiger partial charge in [0.2, 0.25) is 5.89 Å². The van der Waals surface area contributed by atoms with Crippen molar-refractivity contribution in [1.82, 2.24) is 4.98 Å². The molecular formula is C16H9F2NO3. The average molecular weight is 301 g/mol. The number of halogens is 2. The molecule has 1 aromatic heterocycles. The lowest BCUT2D eigenvalue weighted by atomic mass is 10.1. The van der Waals surface area contributed by atoms with Crippen molar-refractivity contribution >= 4 is 5.97 Å². The first kappa shape index (κ1) is 13.9. The second kappa shape index (κ2) is 5.40. The summed E-state index contributed by atoms with van der Waals surface area (Å²) in [5.74, 6) is -2.00. The Morgan fingerprint density at radius 1 is 1.00 bits per heavy atom. The van der Waals surface area contributed by atoms with E-state index in [-0.39, 0.29) is 22.8 Å². The maximum absolute atomic E-state index is 13.2. The number of oxazole rings is 1. The number of aromatic carboxylic acids is 1. The fraction of sp³-hybridized carbons (Fsp3) is 0. The van der Waals surface area contributed by atoms with Crippen LogP contribution in [0, 0.1) is 11.6 Å². The third kappa shape index (κ3) is 2.71. The number of nitrogens with zero attached hydrogens (tertiary/aromatic N) is 1. The second-order valence-corrected chi connectivity index (χ2v) is 4.57. The van der Waals surface area contributed by atoms with Gasteiger partial charge in [-0.1, -0.05) is 0 Å². The minimum absolute atomic E-state index is 0.141. The average Bonchev–Trinajstić information content (AvgIpc) is 2.96. The number of rotatable bonds is 3. The smallest absolute Gasteiger partial charge is 0.335 e. The molecule has 110 valence electrons. The summed E-state index contributed by atoms with van der Waals surface area (Å²) in [4.78, 5) is 14.8. The summed E-state index contributed by atoms with van der Waals surface area (Å²) in [5, 5.41) is 8.84. The summed E-state index contributed by atoms with van der Waals surface area (Å²) in [6.07, 6.45) is 1.36. The highest BCUT2D eigenvalue weighted by molar-refractivity contribution is 5.88.